The van der Waals surface area contributed by atoms with Gasteiger partial charge in [-0.3, -0.25) is 9.59 Å². The number of carbonyl (C=O) groups excluding carboxylic acids is 2. The Morgan fingerprint density at radius 1 is 0.903 bits per heavy atom. The molecule has 0 aliphatic heterocycles. The van der Waals surface area contributed by atoms with Gasteiger partial charge < -0.3 is 15.0 Å². The second-order valence-electron chi connectivity index (χ2n) is 6.91. The molecule has 0 spiro atoms. The molecule has 0 aliphatic rings. The van der Waals surface area contributed by atoms with E-state index in [0.29, 0.717) is 17.0 Å². The lowest BCUT2D eigenvalue weighted by molar-refractivity contribution is -0.111. The minimum absolute atomic E-state index is 0.0529. The molecule has 0 aromatic heterocycles. The Labute approximate surface area is 186 Å². The first-order valence-corrected chi connectivity index (χ1v) is 10.5. The van der Waals surface area contributed by atoms with Gasteiger partial charge in [-0.05, 0) is 53.7 Å². The highest BCUT2D eigenvalue weighted by molar-refractivity contribution is 8.13. The van der Waals surface area contributed by atoms with E-state index in [2.05, 4.69) is 5.32 Å². The van der Waals surface area contributed by atoms with Gasteiger partial charge in [0.1, 0.15) is 5.75 Å². The third kappa shape index (κ3) is 5.99. The normalized spacial score (nSPS) is 11.0. The fourth-order valence-corrected chi connectivity index (χ4v) is 3.49. The van der Waals surface area contributed by atoms with Crippen molar-refractivity contribution in [2.75, 3.05) is 26.5 Å². The van der Waals surface area contributed by atoms with Crippen molar-refractivity contribution in [3.05, 3.63) is 90.0 Å². The van der Waals surface area contributed by atoms with Crippen LogP contribution in [0, 0.1) is 0 Å². The lowest BCUT2D eigenvalue weighted by Crippen LogP contribution is -2.16. The first-order valence-electron chi connectivity index (χ1n) is 9.68. The summed E-state index contributed by atoms with van der Waals surface area (Å²) in [5.74, 6) is 0.456. The topological polar surface area (TPSA) is 58.6 Å². The van der Waals surface area contributed by atoms with Crippen LogP contribution >= 0.6 is 11.8 Å². The highest BCUT2D eigenvalue weighted by atomic mass is 32.2. The van der Waals surface area contributed by atoms with E-state index in [4.69, 9.17) is 4.74 Å². The number of ether oxygens (including phenoxy) is 1. The zero-order valence-electron chi connectivity index (χ0n) is 17.7. The van der Waals surface area contributed by atoms with E-state index in [1.165, 1.54) is 4.90 Å². The molecule has 0 unspecified atom stereocenters. The fraction of sp³-hybridized carbons (Fsp3) is 0.120. The molecular formula is C25H24N2O3S. The first-order chi connectivity index (χ1) is 15.0. The average Bonchev–Trinajstić information content (AvgIpc) is 2.79. The summed E-state index contributed by atoms with van der Waals surface area (Å²) in [7, 11) is 5.03. The molecule has 0 saturated heterocycles. The molecule has 0 heterocycles. The molecule has 0 fully saturated rings. The smallest absolute Gasteiger partial charge is 0.285 e. The molecule has 3 aromatic rings. The summed E-state index contributed by atoms with van der Waals surface area (Å²) < 4.78 is 5.43. The highest BCUT2D eigenvalue weighted by Gasteiger charge is 2.14. The summed E-state index contributed by atoms with van der Waals surface area (Å²) in [4.78, 5) is 27.4. The number of nitrogens with one attached hydrogen (secondary N) is 1. The summed E-state index contributed by atoms with van der Waals surface area (Å²) in [5, 5.41) is 2.90. The molecule has 0 saturated carbocycles. The molecule has 0 atom stereocenters. The molecule has 3 aromatic carbocycles. The first kappa shape index (κ1) is 22.2. The molecule has 0 aliphatic carbocycles. The number of thioether (sulfide) groups is 1. The van der Waals surface area contributed by atoms with Gasteiger partial charge in [0.2, 0.25) is 0 Å². The molecule has 3 rings (SSSR count). The standard InChI is InChI=1S/C25H24N2O3S/c1-27(2)25(29)31-21-15-13-20(14-16-21)26-24(28)22(18-9-5-4-6-10-18)17-19-11-7-8-12-23(19)30-3/h4-17H,1-3H3,(H,26,28)/b22-17+. The number of hydrogen-bond donors (Lipinski definition) is 1. The van der Waals surface area contributed by atoms with Crippen molar-refractivity contribution in [1.29, 1.82) is 0 Å². The minimum Gasteiger partial charge on any atom is -0.496 e. The molecule has 0 radical (unpaired) electrons. The number of nitrogens with zero attached hydrogens (tertiary/aromatic N) is 1. The summed E-state index contributed by atoms with van der Waals surface area (Å²) in [6, 6.07) is 24.2. The monoisotopic (exact) mass is 432 g/mol. The molecule has 5 nitrogen and oxygen atoms in total. The van der Waals surface area contributed by atoms with Crippen LogP contribution in [0.4, 0.5) is 10.5 Å². The van der Waals surface area contributed by atoms with Crippen LogP contribution in [0.1, 0.15) is 11.1 Å². The molecule has 2 amide bonds. The van der Waals surface area contributed by atoms with Gasteiger partial charge in [0.05, 0.1) is 7.11 Å². The Balaban J connectivity index is 1.86. The third-order valence-electron chi connectivity index (χ3n) is 4.45. The Bertz CT molecular complexity index is 1080. The maximum Gasteiger partial charge on any atom is 0.285 e. The van der Waals surface area contributed by atoms with E-state index in [1.807, 2.05) is 72.8 Å². The van der Waals surface area contributed by atoms with Gasteiger partial charge in [0.15, 0.2) is 0 Å². The van der Waals surface area contributed by atoms with Crippen LogP contribution in [0.3, 0.4) is 0 Å². The zero-order chi connectivity index (χ0) is 22.2. The van der Waals surface area contributed by atoms with Crippen LogP contribution in [0.5, 0.6) is 5.75 Å². The van der Waals surface area contributed by atoms with Gasteiger partial charge in [0, 0.05) is 35.8 Å². The van der Waals surface area contributed by atoms with Gasteiger partial charge in [-0.15, -0.1) is 0 Å². The van der Waals surface area contributed by atoms with Crippen molar-refractivity contribution < 1.29 is 14.3 Å². The predicted octanol–water partition coefficient (Wildman–Crippen LogP) is 5.65. The largest absolute Gasteiger partial charge is 0.496 e. The van der Waals surface area contributed by atoms with Gasteiger partial charge >= 0.3 is 0 Å². The second-order valence-corrected chi connectivity index (χ2v) is 7.93. The van der Waals surface area contributed by atoms with E-state index >= 15 is 0 Å². The Morgan fingerprint density at radius 3 is 2.19 bits per heavy atom. The van der Waals surface area contributed by atoms with Crippen LogP contribution in [0.15, 0.2) is 83.8 Å². The fourth-order valence-electron chi connectivity index (χ4n) is 2.84. The van der Waals surface area contributed by atoms with Crippen LogP contribution in [-0.4, -0.2) is 37.3 Å². The molecule has 158 valence electrons. The summed E-state index contributed by atoms with van der Waals surface area (Å²) >= 11 is 1.14. The van der Waals surface area contributed by atoms with E-state index in [-0.39, 0.29) is 11.1 Å². The third-order valence-corrected chi connectivity index (χ3v) is 5.50. The molecule has 6 heteroatoms. The number of anilines is 1. The van der Waals surface area contributed by atoms with Crippen molar-refractivity contribution in [2.45, 2.75) is 4.90 Å². The number of carbonyl (C=O) groups is 2. The van der Waals surface area contributed by atoms with Crippen molar-refractivity contribution in [1.82, 2.24) is 4.90 Å². The van der Waals surface area contributed by atoms with Crippen LogP contribution in [-0.2, 0) is 4.79 Å². The maximum atomic E-state index is 13.2. The zero-order valence-corrected chi connectivity index (χ0v) is 18.5. The molecule has 0 bridgehead atoms. The molecule has 31 heavy (non-hydrogen) atoms. The Hall–Kier alpha value is -3.51. The molecule has 1 N–H and O–H groups in total. The average molecular weight is 433 g/mol. The molecular weight excluding hydrogens is 408 g/mol. The summed E-state index contributed by atoms with van der Waals surface area (Å²) in [5.41, 5.74) is 2.78. The summed E-state index contributed by atoms with van der Waals surface area (Å²) in [6.07, 6.45) is 1.82. The van der Waals surface area contributed by atoms with E-state index in [1.54, 1.807) is 33.3 Å². The van der Waals surface area contributed by atoms with Gasteiger partial charge in [-0.2, -0.15) is 0 Å². The lowest BCUT2D eigenvalue weighted by atomic mass is 10.0. The van der Waals surface area contributed by atoms with Crippen LogP contribution < -0.4 is 10.1 Å². The maximum absolute atomic E-state index is 13.2. The Morgan fingerprint density at radius 2 is 1.55 bits per heavy atom. The second kappa shape index (κ2) is 10.5. The van der Waals surface area contributed by atoms with Gasteiger partial charge in [-0.25, -0.2) is 0 Å². The number of methoxy groups -OCH3 is 1. The van der Waals surface area contributed by atoms with Crippen LogP contribution in [0.2, 0.25) is 0 Å². The lowest BCUT2D eigenvalue weighted by Gasteiger charge is -2.12. The van der Waals surface area contributed by atoms with E-state index < -0.39 is 0 Å². The SMILES string of the molecule is COc1ccccc1/C=C(/C(=O)Nc1ccc(SC(=O)N(C)C)cc1)c1ccccc1. The van der Waals surface area contributed by atoms with Crippen molar-refractivity contribution in [3.63, 3.8) is 0 Å². The highest BCUT2D eigenvalue weighted by Crippen LogP contribution is 2.27. The summed E-state index contributed by atoms with van der Waals surface area (Å²) in [6.45, 7) is 0. The number of para-hydroxylation sites is 1. The van der Waals surface area contributed by atoms with Gasteiger partial charge in [-0.1, -0.05) is 48.5 Å². The van der Waals surface area contributed by atoms with Crippen molar-refractivity contribution in [3.8, 4) is 5.75 Å². The number of benzene rings is 3. The number of amides is 2. The predicted molar refractivity (Wildman–Crippen MR) is 127 cm³/mol. The number of rotatable bonds is 6. The van der Waals surface area contributed by atoms with Crippen molar-refractivity contribution in [2.24, 2.45) is 0 Å². The quantitative estimate of drug-likeness (QED) is 0.311. The van der Waals surface area contributed by atoms with Crippen molar-refractivity contribution >= 4 is 40.2 Å². The minimum atomic E-state index is -0.234. The number of hydrogen-bond acceptors (Lipinski definition) is 4. The Kier molecular flexibility index (Phi) is 7.51. The van der Waals surface area contributed by atoms with Crippen LogP contribution in [0.25, 0.3) is 11.6 Å². The van der Waals surface area contributed by atoms with E-state index in [9.17, 15) is 9.59 Å². The van der Waals surface area contributed by atoms with Gasteiger partial charge in [0.25, 0.3) is 11.1 Å². The van der Waals surface area contributed by atoms with E-state index in [0.717, 1.165) is 27.8 Å².